The number of carbonyl (C=O) groups excluding carboxylic acids is 1. The van der Waals surface area contributed by atoms with E-state index >= 15 is 0 Å². The number of carbonyl (C=O) groups is 2. The molecule has 1 atom stereocenters. The summed E-state index contributed by atoms with van der Waals surface area (Å²) in [5, 5.41) is 11.1. The van der Waals surface area contributed by atoms with E-state index in [0.717, 1.165) is 65.2 Å². The van der Waals surface area contributed by atoms with Crippen molar-refractivity contribution in [1.29, 1.82) is 0 Å². The second-order valence-electron chi connectivity index (χ2n) is 13.7. The van der Waals surface area contributed by atoms with Gasteiger partial charge in [-0.05, 0) is 89.9 Å². The molecule has 0 fully saturated rings. The van der Waals surface area contributed by atoms with Gasteiger partial charge in [0.15, 0.2) is 0 Å². The number of nitrogens with one attached hydrogen (secondary N) is 1. The van der Waals surface area contributed by atoms with E-state index < -0.39 is 5.97 Å². The van der Waals surface area contributed by atoms with Gasteiger partial charge in [-0.1, -0.05) is 112 Å². The highest BCUT2D eigenvalue weighted by atomic mass is 16.5. The van der Waals surface area contributed by atoms with E-state index in [4.69, 9.17) is 10.6 Å². The van der Waals surface area contributed by atoms with E-state index in [-0.39, 0.29) is 17.4 Å². The minimum atomic E-state index is -0.925. The number of hydrogen-bond acceptors (Lipinski definition) is 4. The Kier molecular flexibility index (Phi) is 12.0. The molecular weight excluding hydrogens is 647 g/mol. The largest absolute Gasteiger partial charge is 0.494 e. The Balaban J connectivity index is 1.38. The molecule has 6 aromatic rings. The van der Waals surface area contributed by atoms with Gasteiger partial charge >= 0.3 is 5.97 Å². The summed E-state index contributed by atoms with van der Waals surface area (Å²) in [6.07, 6.45) is 8.29. The third-order valence-electron chi connectivity index (χ3n) is 10.1. The van der Waals surface area contributed by atoms with Crippen LogP contribution in [0.1, 0.15) is 107 Å². The lowest BCUT2D eigenvalue weighted by Crippen LogP contribution is -2.30. The molecule has 52 heavy (non-hydrogen) atoms. The van der Waals surface area contributed by atoms with E-state index in [9.17, 15) is 14.7 Å². The van der Waals surface area contributed by atoms with Gasteiger partial charge in [-0.2, -0.15) is 0 Å². The van der Waals surface area contributed by atoms with Gasteiger partial charge in [0.05, 0.1) is 28.8 Å². The Bertz CT molecular complexity index is 2140. The van der Waals surface area contributed by atoms with Crippen LogP contribution in [0.4, 0.5) is 0 Å². The SMILES string of the molecule is CCCCCCCc1cc(OCCCc2ccc(C(=O)O)cc2)cc2c3c(C(=O)NN)cccc3n(Cc3cccc(C(C)c4ccccc4)c3)c12. The van der Waals surface area contributed by atoms with Gasteiger partial charge in [0, 0.05) is 23.2 Å². The molecule has 0 aliphatic rings. The number of aromatic nitrogens is 1. The van der Waals surface area contributed by atoms with Crippen LogP contribution in [0.15, 0.2) is 109 Å². The molecule has 7 nitrogen and oxygen atoms in total. The zero-order chi connectivity index (χ0) is 36.5. The van der Waals surface area contributed by atoms with Crippen LogP contribution in [-0.2, 0) is 19.4 Å². The number of nitrogen functional groups attached to an aromatic ring is 1. The highest BCUT2D eigenvalue weighted by molar-refractivity contribution is 6.19. The van der Waals surface area contributed by atoms with Gasteiger partial charge in [0.2, 0.25) is 0 Å². The lowest BCUT2D eigenvalue weighted by molar-refractivity contribution is 0.0696. The van der Waals surface area contributed by atoms with Crippen molar-refractivity contribution >= 4 is 33.7 Å². The standard InChI is InChI=1S/C45H49N3O4/c1-3-4-5-6-8-18-37-28-38(52-26-13-15-32-22-24-35(25-23-32)45(50)51)29-40-42-39(44(49)47-46)20-12-21-41(42)48(43(37)40)30-33-14-11-19-36(27-33)31(2)34-16-9-7-10-17-34/h7,9-12,14,16-17,19-25,27-29,31H,3-6,8,13,15,18,26,30,46H2,1-2H3,(H,47,49)(H,50,51). The molecule has 4 N–H and O–H groups in total. The molecule has 7 heteroatoms. The van der Waals surface area contributed by atoms with E-state index in [2.05, 4.69) is 96.6 Å². The molecule has 1 unspecified atom stereocenters. The van der Waals surface area contributed by atoms with Crippen LogP contribution in [0.3, 0.4) is 0 Å². The third kappa shape index (κ3) is 8.38. The number of fused-ring (bicyclic) bond motifs is 3. The van der Waals surface area contributed by atoms with Gasteiger partial charge in [-0.15, -0.1) is 0 Å². The number of aryl methyl sites for hydroxylation is 2. The van der Waals surface area contributed by atoms with Crippen LogP contribution < -0.4 is 16.0 Å². The maximum Gasteiger partial charge on any atom is 0.335 e. The molecule has 1 aromatic heterocycles. The van der Waals surface area contributed by atoms with Crippen molar-refractivity contribution in [3.8, 4) is 5.75 Å². The number of aromatic carboxylic acids is 1. The van der Waals surface area contributed by atoms with Gasteiger partial charge in [-0.3, -0.25) is 10.2 Å². The van der Waals surface area contributed by atoms with Crippen LogP contribution in [0.25, 0.3) is 21.8 Å². The Morgan fingerprint density at radius 2 is 1.54 bits per heavy atom. The minimum absolute atomic E-state index is 0.252. The first-order valence-electron chi connectivity index (χ1n) is 18.6. The van der Waals surface area contributed by atoms with Gasteiger partial charge in [-0.25, -0.2) is 10.6 Å². The van der Waals surface area contributed by atoms with Gasteiger partial charge < -0.3 is 14.4 Å². The average molecular weight is 696 g/mol. The highest BCUT2D eigenvalue weighted by Gasteiger charge is 2.21. The summed E-state index contributed by atoms with van der Waals surface area (Å²) in [5.74, 6) is 5.49. The van der Waals surface area contributed by atoms with Crippen molar-refractivity contribution in [3.63, 3.8) is 0 Å². The van der Waals surface area contributed by atoms with Crippen molar-refractivity contribution in [1.82, 2.24) is 9.99 Å². The van der Waals surface area contributed by atoms with Crippen LogP contribution in [-0.4, -0.2) is 28.2 Å². The van der Waals surface area contributed by atoms with Crippen molar-refractivity contribution in [2.75, 3.05) is 6.61 Å². The molecule has 0 radical (unpaired) electrons. The molecule has 0 bridgehead atoms. The summed E-state index contributed by atoms with van der Waals surface area (Å²) >= 11 is 0. The van der Waals surface area contributed by atoms with Crippen LogP contribution in [0, 0.1) is 0 Å². The fraction of sp³-hybridized carbons (Fsp3) is 0.289. The zero-order valence-corrected chi connectivity index (χ0v) is 30.2. The molecule has 6 rings (SSSR count). The van der Waals surface area contributed by atoms with E-state index in [1.807, 2.05) is 24.3 Å². The molecule has 1 heterocycles. The Morgan fingerprint density at radius 1 is 0.788 bits per heavy atom. The van der Waals surface area contributed by atoms with E-state index in [1.165, 1.54) is 41.5 Å². The zero-order valence-electron chi connectivity index (χ0n) is 30.2. The smallest absolute Gasteiger partial charge is 0.335 e. The number of hydrazine groups is 1. The normalized spacial score (nSPS) is 11.9. The summed E-state index contributed by atoms with van der Waals surface area (Å²) in [4.78, 5) is 24.5. The number of benzene rings is 5. The summed E-state index contributed by atoms with van der Waals surface area (Å²) in [5.41, 5.74) is 11.3. The summed E-state index contributed by atoms with van der Waals surface area (Å²) < 4.78 is 8.81. The number of carboxylic acids is 1. The molecule has 0 saturated carbocycles. The van der Waals surface area contributed by atoms with Gasteiger partial charge in [0.25, 0.3) is 5.91 Å². The summed E-state index contributed by atoms with van der Waals surface area (Å²) in [6, 6.07) is 36.6. The molecule has 0 spiro atoms. The monoisotopic (exact) mass is 695 g/mol. The van der Waals surface area contributed by atoms with Crippen molar-refractivity contribution in [2.24, 2.45) is 5.84 Å². The molecule has 268 valence electrons. The highest BCUT2D eigenvalue weighted by Crippen LogP contribution is 2.38. The number of nitrogens with zero attached hydrogens (tertiary/aromatic N) is 1. The first-order valence-corrected chi connectivity index (χ1v) is 18.6. The summed E-state index contributed by atoms with van der Waals surface area (Å²) in [6.45, 7) is 5.63. The minimum Gasteiger partial charge on any atom is -0.494 e. The first kappa shape index (κ1) is 36.4. The van der Waals surface area contributed by atoms with Crippen LogP contribution in [0.5, 0.6) is 5.75 Å². The lowest BCUT2D eigenvalue weighted by atomic mass is 9.92. The fourth-order valence-corrected chi connectivity index (χ4v) is 7.33. The van der Waals surface area contributed by atoms with Gasteiger partial charge in [0.1, 0.15) is 5.75 Å². The van der Waals surface area contributed by atoms with E-state index in [0.29, 0.717) is 18.7 Å². The number of unbranched alkanes of at least 4 members (excludes halogenated alkanes) is 4. The third-order valence-corrected chi connectivity index (χ3v) is 10.1. The van der Waals surface area contributed by atoms with Crippen molar-refractivity contribution in [3.05, 3.63) is 148 Å². The lowest BCUT2D eigenvalue weighted by Gasteiger charge is -2.16. The number of nitrogens with two attached hydrogens (primary N) is 1. The number of carboxylic acid groups (broad SMARTS) is 1. The molecule has 0 aliphatic carbocycles. The van der Waals surface area contributed by atoms with Crippen molar-refractivity contribution in [2.45, 2.75) is 77.7 Å². The first-order chi connectivity index (χ1) is 25.4. The van der Waals surface area contributed by atoms with E-state index in [1.54, 1.807) is 12.1 Å². The number of rotatable bonds is 17. The maximum atomic E-state index is 13.2. The molecule has 0 aliphatic heterocycles. The molecule has 1 amide bonds. The molecular formula is C45H49N3O4. The average Bonchev–Trinajstić information content (AvgIpc) is 3.49. The van der Waals surface area contributed by atoms with Crippen molar-refractivity contribution < 1.29 is 19.4 Å². The predicted octanol–water partition coefficient (Wildman–Crippen LogP) is 9.82. The summed E-state index contributed by atoms with van der Waals surface area (Å²) in [7, 11) is 0. The number of amides is 1. The topological polar surface area (TPSA) is 107 Å². The number of ether oxygens (including phenoxy) is 1. The maximum absolute atomic E-state index is 13.2. The van der Waals surface area contributed by atoms with Crippen LogP contribution in [0.2, 0.25) is 0 Å². The molecule has 0 saturated heterocycles. The Labute approximate surface area is 306 Å². The molecule has 5 aromatic carbocycles. The van der Waals surface area contributed by atoms with Crippen LogP contribution >= 0.6 is 0 Å². The number of hydrogen-bond donors (Lipinski definition) is 3. The fourth-order valence-electron chi connectivity index (χ4n) is 7.33. The Hall–Kier alpha value is -5.40. The quantitative estimate of drug-likeness (QED) is 0.0381. The second-order valence-corrected chi connectivity index (χ2v) is 13.7. The Morgan fingerprint density at radius 3 is 2.29 bits per heavy atom. The second kappa shape index (κ2) is 17.2. The predicted molar refractivity (Wildman–Crippen MR) is 210 cm³/mol.